The van der Waals surface area contributed by atoms with Crippen LogP contribution in [-0.2, 0) is 16.1 Å². The molecule has 0 aromatic heterocycles. The predicted molar refractivity (Wildman–Crippen MR) is 128 cm³/mol. The van der Waals surface area contributed by atoms with Crippen LogP contribution in [0.5, 0.6) is 11.5 Å². The molecular weight excluding hydrogens is 434 g/mol. The van der Waals surface area contributed by atoms with Crippen LogP contribution >= 0.6 is 0 Å². The zero-order valence-corrected chi connectivity index (χ0v) is 18.9. The molecule has 1 atom stereocenters. The Balaban J connectivity index is 1.56. The summed E-state index contributed by atoms with van der Waals surface area (Å²) in [5.74, 6) is 0.549. The Labute approximate surface area is 197 Å². The molecule has 3 aromatic rings. The Morgan fingerprint density at radius 1 is 0.853 bits per heavy atom. The van der Waals surface area contributed by atoms with Gasteiger partial charge in [0, 0.05) is 12.2 Å². The van der Waals surface area contributed by atoms with Crippen molar-refractivity contribution in [2.45, 2.75) is 19.0 Å². The quantitative estimate of drug-likeness (QED) is 0.513. The first kappa shape index (κ1) is 22.8. The summed E-state index contributed by atoms with van der Waals surface area (Å²) in [6.45, 7) is 0.179. The van der Waals surface area contributed by atoms with Crippen molar-refractivity contribution in [2.75, 3.05) is 24.4 Å². The topological polar surface area (TPSA) is 88.2 Å². The monoisotopic (exact) mass is 459 g/mol. The smallest absolute Gasteiger partial charge is 0.332 e. The second kappa shape index (κ2) is 10.1. The molecule has 4 amide bonds. The first-order valence-electron chi connectivity index (χ1n) is 10.8. The number of ether oxygens (including phenoxy) is 2. The lowest BCUT2D eigenvalue weighted by Crippen LogP contribution is -2.37. The lowest BCUT2D eigenvalue weighted by Gasteiger charge is -2.22. The van der Waals surface area contributed by atoms with Crippen LogP contribution in [0.15, 0.2) is 78.9 Å². The lowest BCUT2D eigenvalue weighted by molar-refractivity contribution is -0.124. The minimum absolute atomic E-state index is 0.171. The third kappa shape index (κ3) is 4.85. The van der Waals surface area contributed by atoms with Crippen LogP contribution in [0.25, 0.3) is 0 Å². The number of anilines is 2. The maximum absolute atomic E-state index is 13.3. The van der Waals surface area contributed by atoms with Gasteiger partial charge < -0.3 is 19.7 Å². The van der Waals surface area contributed by atoms with Crippen LogP contribution in [-0.4, -0.2) is 43.0 Å². The Morgan fingerprint density at radius 3 is 2.03 bits per heavy atom. The van der Waals surface area contributed by atoms with Gasteiger partial charge in [-0.05, 0) is 54.1 Å². The van der Waals surface area contributed by atoms with E-state index in [0.717, 1.165) is 10.5 Å². The van der Waals surface area contributed by atoms with E-state index >= 15 is 0 Å². The van der Waals surface area contributed by atoms with Gasteiger partial charge in [0.2, 0.25) is 5.91 Å². The minimum atomic E-state index is -0.937. The highest BCUT2D eigenvalue weighted by molar-refractivity contribution is 6.22. The van der Waals surface area contributed by atoms with Crippen molar-refractivity contribution >= 4 is 29.2 Å². The summed E-state index contributed by atoms with van der Waals surface area (Å²) in [6, 6.07) is 21.4. The van der Waals surface area contributed by atoms with E-state index < -0.39 is 18.0 Å². The molecule has 1 aliphatic rings. The molecule has 4 rings (SSSR count). The van der Waals surface area contributed by atoms with Crippen LogP contribution < -0.4 is 19.7 Å². The van der Waals surface area contributed by atoms with Crippen LogP contribution in [0.4, 0.5) is 16.2 Å². The fraction of sp³-hybridized carbons (Fsp3) is 0.192. The standard InChI is InChI=1S/C26H25N3O5/c1-33-21-12-8-18(9-13-21)17-28-23(16-24(30)27-19-10-14-22(34-2)15-11-19)25(31)29(26(28)32)20-6-4-3-5-7-20/h3-15,23H,16-17H2,1-2H3,(H,27,30)/t23-/m1/s1. The molecule has 174 valence electrons. The van der Waals surface area contributed by atoms with Crippen molar-refractivity contribution in [1.29, 1.82) is 0 Å². The number of para-hydroxylation sites is 1. The number of benzene rings is 3. The summed E-state index contributed by atoms with van der Waals surface area (Å²) >= 11 is 0. The van der Waals surface area contributed by atoms with E-state index in [0.29, 0.717) is 22.9 Å². The summed E-state index contributed by atoms with van der Waals surface area (Å²) in [6.07, 6.45) is -0.171. The molecule has 0 radical (unpaired) electrons. The van der Waals surface area contributed by atoms with E-state index in [2.05, 4.69) is 5.32 Å². The molecule has 1 saturated heterocycles. The Bertz CT molecular complexity index is 1160. The summed E-state index contributed by atoms with van der Waals surface area (Å²) in [7, 11) is 3.14. The normalized spacial score (nSPS) is 15.4. The SMILES string of the molecule is COc1ccc(CN2C(=O)N(c3ccccc3)C(=O)[C@H]2CC(=O)Nc2ccc(OC)cc2)cc1. The Hall–Kier alpha value is -4.33. The summed E-state index contributed by atoms with van der Waals surface area (Å²) in [4.78, 5) is 42.1. The number of rotatable bonds is 8. The highest BCUT2D eigenvalue weighted by Crippen LogP contribution is 2.29. The number of urea groups is 1. The van der Waals surface area contributed by atoms with Crippen molar-refractivity contribution in [1.82, 2.24) is 4.90 Å². The van der Waals surface area contributed by atoms with Gasteiger partial charge >= 0.3 is 6.03 Å². The summed E-state index contributed by atoms with van der Waals surface area (Å²) in [5, 5.41) is 2.79. The summed E-state index contributed by atoms with van der Waals surface area (Å²) < 4.78 is 10.3. The van der Waals surface area contributed by atoms with E-state index in [9.17, 15) is 14.4 Å². The molecule has 34 heavy (non-hydrogen) atoms. The van der Waals surface area contributed by atoms with Gasteiger partial charge in [0.05, 0.1) is 26.3 Å². The molecule has 3 aromatic carbocycles. The van der Waals surface area contributed by atoms with Crippen LogP contribution in [0.1, 0.15) is 12.0 Å². The van der Waals surface area contributed by atoms with Gasteiger partial charge in [-0.2, -0.15) is 0 Å². The van der Waals surface area contributed by atoms with Gasteiger partial charge in [-0.15, -0.1) is 0 Å². The molecule has 0 spiro atoms. The largest absolute Gasteiger partial charge is 0.497 e. The average Bonchev–Trinajstić information content (AvgIpc) is 3.09. The number of imide groups is 1. The van der Waals surface area contributed by atoms with E-state index in [1.807, 2.05) is 18.2 Å². The van der Waals surface area contributed by atoms with Crippen LogP contribution in [0, 0.1) is 0 Å². The van der Waals surface area contributed by atoms with E-state index in [4.69, 9.17) is 9.47 Å². The molecule has 0 bridgehead atoms. The maximum atomic E-state index is 13.3. The first-order valence-corrected chi connectivity index (χ1v) is 10.8. The van der Waals surface area contributed by atoms with Crippen LogP contribution in [0.3, 0.4) is 0 Å². The zero-order valence-electron chi connectivity index (χ0n) is 18.9. The van der Waals surface area contributed by atoms with Crippen molar-refractivity contribution in [3.05, 3.63) is 84.4 Å². The molecule has 8 nitrogen and oxygen atoms in total. The first-order chi connectivity index (χ1) is 16.5. The molecule has 0 aliphatic carbocycles. The van der Waals surface area contributed by atoms with Gasteiger partial charge in [-0.3, -0.25) is 9.59 Å². The molecule has 1 aliphatic heterocycles. The highest BCUT2D eigenvalue weighted by atomic mass is 16.5. The molecule has 1 fully saturated rings. The molecular formula is C26H25N3O5. The van der Waals surface area contributed by atoms with Crippen molar-refractivity contribution in [3.63, 3.8) is 0 Å². The van der Waals surface area contributed by atoms with Crippen molar-refractivity contribution in [3.8, 4) is 11.5 Å². The number of amides is 4. The lowest BCUT2D eigenvalue weighted by atomic mass is 10.1. The number of hydrogen-bond acceptors (Lipinski definition) is 5. The maximum Gasteiger partial charge on any atom is 0.332 e. The van der Waals surface area contributed by atoms with Crippen molar-refractivity contribution in [2.24, 2.45) is 0 Å². The Morgan fingerprint density at radius 2 is 1.44 bits per heavy atom. The second-order valence-electron chi connectivity index (χ2n) is 7.76. The molecule has 8 heteroatoms. The van der Waals surface area contributed by atoms with Gasteiger partial charge in [-0.25, -0.2) is 9.69 Å². The third-order valence-electron chi connectivity index (χ3n) is 5.60. The van der Waals surface area contributed by atoms with Gasteiger partial charge in [0.25, 0.3) is 5.91 Å². The number of nitrogens with one attached hydrogen (secondary N) is 1. The fourth-order valence-corrected chi connectivity index (χ4v) is 3.82. The number of hydrogen-bond donors (Lipinski definition) is 1. The van der Waals surface area contributed by atoms with E-state index in [1.54, 1.807) is 74.9 Å². The molecule has 1 heterocycles. The minimum Gasteiger partial charge on any atom is -0.497 e. The number of carbonyl (C=O) groups excluding carboxylic acids is 3. The number of nitrogens with zero attached hydrogens (tertiary/aromatic N) is 2. The molecule has 0 unspecified atom stereocenters. The molecule has 0 saturated carbocycles. The summed E-state index contributed by atoms with van der Waals surface area (Å²) in [5.41, 5.74) is 1.86. The number of carbonyl (C=O) groups is 3. The number of methoxy groups -OCH3 is 2. The predicted octanol–water partition coefficient (Wildman–Crippen LogP) is 4.07. The Kier molecular flexibility index (Phi) is 6.77. The third-order valence-corrected chi connectivity index (χ3v) is 5.60. The van der Waals surface area contributed by atoms with Crippen LogP contribution in [0.2, 0.25) is 0 Å². The van der Waals surface area contributed by atoms with Gasteiger partial charge in [0.1, 0.15) is 17.5 Å². The van der Waals surface area contributed by atoms with Gasteiger partial charge in [0.15, 0.2) is 0 Å². The zero-order chi connectivity index (χ0) is 24.1. The van der Waals surface area contributed by atoms with Gasteiger partial charge in [-0.1, -0.05) is 30.3 Å². The molecule has 1 N–H and O–H groups in total. The van der Waals surface area contributed by atoms with E-state index in [-0.39, 0.29) is 18.9 Å². The van der Waals surface area contributed by atoms with Crippen molar-refractivity contribution < 1.29 is 23.9 Å². The average molecular weight is 460 g/mol. The van der Waals surface area contributed by atoms with E-state index in [1.165, 1.54) is 4.90 Å². The highest BCUT2D eigenvalue weighted by Gasteiger charge is 2.46. The fourth-order valence-electron chi connectivity index (χ4n) is 3.82. The second-order valence-corrected chi connectivity index (χ2v) is 7.76.